The Morgan fingerprint density at radius 2 is 1.77 bits per heavy atom. The minimum atomic E-state index is -0.545. The van der Waals surface area contributed by atoms with Crippen LogP contribution < -0.4 is 4.90 Å². The molecule has 1 unspecified atom stereocenters. The van der Waals surface area contributed by atoms with Crippen molar-refractivity contribution in [3.63, 3.8) is 0 Å². The molecule has 0 aliphatic carbocycles. The summed E-state index contributed by atoms with van der Waals surface area (Å²) in [6, 6.07) is 12.2. The molecule has 4 nitrogen and oxygen atoms in total. The van der Waals surface area contributed by atoms with Crippen LogP contribution in [-0.2, 0) is 11.2 Å². The van der Waals surface area contributed by atoms with Crippen LogP contribution in [0, 0.1) is 0 Å². The molecule has 1 aliphatic heterocycles. The van der Waals surface area contributed by atoms with Crippen LogP contribution in [0.3, 0.4) is 0 Å². The lowest BCUT2D eigenvalue weighted by atomic mass is 10.1. The van der Waals surface area contributed by atoms with Gasteiger partial charge in [-0.2, -0.15) is 0 Å². The van der Waals surface area contributed by atoms with E-state index in [1.165, 1.54) is 5.56 Å². The zero-order valence-electron chi connectivity index (χ0n) is 14.7. The molecular weight excluding hydrogens is 371 g/mol. The highest BCUT2D eigenvalue weighted by Crippen LogP contribution is 2.26. The van der Waals surface area contributed by atoms with E-state index in [1.807, 2.05) is 24.3 Å². The summed E-state index contributed by atoms with van der Waals surface area (Å²) in [6.07, 6.45) is 0.955. The van der Waals surface area contributed by atoms with Gasteiger partial charge in [0.2, 0.25) is 5.91 Å². The smallest absolute Gasteiger partial charge is 0.254 e. The molecule has 26 heavy (non-hydrogen) atoms. The largest absolute Gasteiger partial charge is 0.325 e. The molecule has 0 spiro atoms. The van der Waals surface area contributed by atoms with Crippen LogP contribution in [0.15, 0.2) is 42.5 Å². The molecule has 2 aromatic rings. The minimum Gasteiger partial charge on any atom is -0.325 e. The van der Waals surface area contributed by atoms with Gasteiger partial charge in [-0.15, -0.1) is 0 Å². The lowest BCUT2D eigenvalue weighted by Gasteiger charge is -2.39. The Morgan fingerprint density at radius 3 is 2.38 bits per heavy atom. The fourth-order valence-corrected chi connectivity index (χ4v) is 3.41. The number of carbonyl (C=O) groups is 2. The second-order valence-corrected chi connectivity index (χ2v) is 7.13. The van der Waals surface area contributed by atoms with E-state index < -0.39 is 6.04 Å². The summed E-state index contributed by atoms with van der Waals surface area (Å²) >= 11 is 11.9. The molecule has 136 valence electrons. The Bertz CT molecular complexity index is 836. The number of nitrogens with zero attached hydrogens (tertiary/aromatic N) is 2. The first kappa shape index (κ1) is 18.7. The van der Waals surface area contributed by atoms with Crippen molar-refractivity contribution in [3.05, 3.63) is 63.6 Å². The number of aryl methyl sites for hydroxylation is 1. The van der Waals surface area contributed by atoms with E-state index in [-0.39, 0.29) is 11.8 Å². The molecule has 1 saturated heterocycles. The van der Waals surface area contributed by atoms with Crippen molar-refractivity contribution < 1.29 is 9.59 Å². The maximum atomic E-state index is 12.8. The van der Waals surface area contributed by atoms with Gasteiger partial charge in [0.05, 0.1) is 10.0 Å². The van der Waals surface area contributed by atoms with E-state index in [2.05, 4.69) is 6.92 Å². The fourth-order valence-electron chi connectivity index (χ4n) is 3.11. The Kier molecular flexibility index (Phi) is 5.54. The fraction of sp³-hybridized carbons (Fsp3) is 0.300. The van der Waals surface area contributed by atoms with Crippen LogP contribution in [0.2, 0.25) is 10.0 Å². The molecule has 3 rings (SSSR count). The zero-order valence-corrected chi connectivity index (χ0v) is 16.2. The topological polar surface area (TPSA) is 40.6 Å². The molecule has 6 heteroatoms. The average Bonchev–Trinajstić information content (AvgIpc) is 2.66. The molecule has 1 heterocycles. The van der Waals surface area contributed by atoms with Gasteiger partial charge in [0.1, 0.15) is 6.04 Å². The molecule has 0 saturated carbocycles. The first-order valence-corrected chi connectivity index (χ1v) is 9.34. The van der Waals surface area contributed by atoms with Crippen molar-refractivity contribution in [1.29, 1.82) is 0 Å². The highest BCUT2D eigenvalue weighted by molar-refractivity contribution is 6.42. The summed E-state index contributed by atoms with van der Waals surface area (Å²) in [4.78, 5) is 29.0. The van der Waals surface area contributed by atoms with Gasteiger partial charge in [0, 0.05) is 24.3 Å². The molecule has 2 aromatic carbocycles. The number of anilines is 1. The molecule has 0 bridgehead atoms. The summed E-state index contributed by atoms with van der Waals surface area (Å²) in [5.41, 5.74) is 2.52. The van der Waals surface area contributed by atoms with Crippen LogP contribution in [0.25, 0.3) is 0 Å². The van der Waals surface area contributed by atoms with Crippen LogP contribution >= 0.6 is 23.2 Å². The summed E-state index contributed by atoms with van der Waals surface area (Å²) in [7, 11) is 0. The second-order valence-electron chi connectivity index (χ2n) is 6.31. The second kappa shape index (κ2) is 7.68. The predicted octanol–water partition coefficient (Wildman–Crippen LogP) is 4.43. The molecule has 1 fully saturated rings. The van der Waals surface area contributed by atoms with E-state index in [1.54, 1.807) is 34.9 Å². The Morgan fingerprint density at radius 1 is 1.08 bits per heavy atom. The number of amides is 2. The Balaban J connectivity index is 1.78. The standard InChI is InChI=1S/C20H20Cl2N2O2/c1-3-14-4-7-16(8-5-14)24-11-10-23(13(2)19(24)25)20(26)15-6-9-17(21)18(22)12-15/h4-9,12-13H,3,10-11H2,1-2H3. The maximum absolute atomic E-state index is 12.8. The third kappa shape index (κ3) is 3.57. The van der Waals surface area contributed by atoms with Crippen molar-refractivity contribution in [2.75, 3.05) is 18.0 Å². The first-order chi connectivity index (χ1) is 12.4. The average molecular weight is 391 g/mol. The van der Waals surface area contributed by atoms with E-state index >= 15 is 0 Å². The van der Waals surface area contributed by atoms with E-state index in [4.69, 9.17) is 23.2 Å². The molecule has 0 aromatic heterocycles. The van der Waals surface area contributed by atoms with Crippen molar-refractivity contribution in [3.8, 4) is 0 Å². The Labute approximate surface area is 163 Å². The van der Waals surface area contributed by atoms with Crippen LogP contribution in [0.1, 0.15) is 29.8 Å². The maximum Gasteiger partial charge on any atom is 0.254 e. The lowest BCUT2D eigenvalue weighted by molar-refractivity contribution is -0.124. The normalized spacial score (nSPS) is 17.5. The number of benzene rings is 2. The minimum absolute atomic E-state index is 0.0890. The summed E-state index contributed by atoms with van der Waals surface area (Å²) in [5.74, 6) is -0.306. The molecule has 0 N–H and O–H groups in total. The number of carbonyl (C=O) groups excluding carboxylic acids is 2. The Hall–Kier alpha value is -2.04. The van der Waals surface area contributed by atoms with Crippen molar-refractivity contribution >= 4 is 40.7 Å². The van der Waals surface area contributed by atoms with Gasteiger partial charge in [-0.1, -0.05) is 42.3 Å². The van der Waals surface area contributed by atoms with Gasteiger partial charge in [-0.25, -0.2) is 0 Å². The molecule has 1 aliphatic rings. The SMILES string of the molecule is CCc1ccc(N2CCN(C(=O)c3ccc(Cl)c(Cl)c3)C(C)C2=O)cc1. The van der Waals surface area contributed by atoms with Gasteiger partial charge in [-0.05, 0) is 49.2 Å². The van der Waals surface area contributed by atoms with Crippen molar-refractivity contribution in [1.82, 2.24) is 4.90 Å². The quantitative estimate of drug-likeness (QED) is 0.777. The number of hydrogen-bond acceptors (Lipinski definition) is 2. The number of halogens is 2. The van der Waals surface area contributed by atoms with Crippen molar-refractivity contribution in [2.24, 2.45) is 0 Å². The van der Waals surface area contributed by atoms with Crippen LogP contribution in [0.5, 0.6) is 0 Å². The van der Waals surface area contributed by atoms with E-state index in [0.29, 0.717) is 28.7 Å². The third-order valence-electron chi connectivity index (χ3n) is 4.74. The van der Waals surface area contributed by atoms with Crippen LogP contribution in [0.4, 0.5) is 5.69 Å². The van der Waals surface area contributed by atoms with Gasteiger partial charge in [0.25, 0.3) is 5.91 Å². The highest BCUT2D eigenvalue weighted by atomic mass is 35.5. The number of hydrogen-bond donors (Lipinski definition) is 0. The molecule has 2 amide bonds. The highest BCUT2D eigenvalue weighted by Gasteiger charge is 2.35. The summed E-state index contributed by atoms with van der Waals surface area (Å²) < 4.78 is 0. The van der Waals surface area contributed by atoms with Gasteiger partial charge in [-0.3, -0.25) is 9.59 Å². The number of rotatable bonds is 3. The first-order valence-electron chi connectivity index (χ1n) is 8.58. The summed E-state index contributed by atoms with van der Waals surface area (Å²) in [5, 5.41) is 0.721. The van der Waals surface area contributed by atoms with Gasteiger partial charge >= 0.3 is 0 Å². The van der Waals surface area contributed by atoms with Gasteiger partial charge in [0.15, 0.2) is 0 Å². The van der Waals surface area contributed by atoms with E-state index in [0.717, 1.165) is 12.1 Å². The molecule has 0 radical (unpaired) electrons. The van der Waals surface area contributed by atoms with Crippen LogP contribution in [-0.4, -0.2) is 35.8 Å². The van der Waals surface area contributed by atoms with Gasteiger partial charge < -0.3 is 9.80 Å². The third-order valence-corrected chi connectivity index (χ3v) is 5.48. The summed E-state index contributed by atoms with van der Waals surface area (Å²) in [6.45, 7) is 4.77. The predicted molar refractivity (Wildman–Crippen MR) is 105 cm³/mol. The van der Waals surface area contributed by atoms with Crippen molar-refractivity contribution in [2.45, 2.75) is 26.3 Å². The molecule has 1 atom stereocenters. The molecular formula is C20H20Cl2N2O2. The van der Waals surface area contributed by atoms with E-state index in [9.17, 15) is 9.59 Å². The zero-order chi connectivity index (χ0) is 18.8. The monoisotopic (exact) mass is 390 g/mol. The lowest BCUT2D eigenvalue weighted by Crippen LogP contribution is -2.57. The number of piperazine rings is 1.